The lowest BCUT2D eigenvalue weighted by molar-refractivity contribution is 0.0769. The van der Waals surface area contributed by atoms with Crippen LogP contribution < -0.4 is 0 Å². The van der Waals surface area contributed by atoms with E-state index in [0.29, 0.717) is 17.3 Å². The smallest absolute Gasteiger partial charge is 0.254 e. The minimum absolute atomic E-state index is 0.0833. The molecule has 0 aliphatic rings. The van der Waals surface area contributed by atoms with Crippen molar-refractivity contribution < 1.29 is 9.32 Å². The third-order valence-corrected chi connectivity index (χ3v) is 3.24. The number of hydrogen-bond donors (Lipinski definition) is 0. The predicted molar refractivity (Wildman–Crippen MR) is 82.0 cm³/mol. The Hall–Kier alpha value is -2.95. The fraction of sp³-hybridized carbons (Fsp3) is 0.118. The maximum atomic E-state index is 12.3. The monoisotopic (exact) mass is 293 g/mol. The first kappa shape index (κ1) is 14.0. The highest BCUT2D eigenvalue weighted by atomic mass is 16.5. The molecule has 0 bridgehead atoms. The Balaban J connectivity index is 1.71. The lowest BCUT2D eigenvalue weighted by atomic mass is 10.2. The second-order valence-corrected chi connectivity index (χ2v) is 4.90. The van der Waals surface area contributed by atoms with Gasteiger partial charge in [-0.25, -0.2) is 0 Å². The van der Waals surface area contributed by atoms with Crippen LogP contribution in [0, 0.1) is 0 Å². The summed E-state index contributed by atoms with van der Waals surface area (Å²) in [7, 11) is 1.71. The Morgan fingerprint density at radius 2 is 1.68 bits per heavy atom. The summed E-state index contributed by atoms with van der Waals surface area (Å²) in [6, 6.07) is 18.7. The van der Waals surface area contributed by atoms with Crippen molar-refractivity contribution in [1.29, 1.82) is 0 Å². The van der Waals surface area contributed by atoms with Crippen LogP contribution in [0.4, 0.5) is 0 Å². The highest BCUT2D eigenvalue weighted by molar-refractivity contribution is 5.93. The summed E-state index contributed by atoms with van der Waals surface area (Å²) in [5.74, 6) is 0.849. The third-order valence-electron chi connectivity index (χ3n) is 3.24. The van der Waals surface area contributed by atoms with E-state index in [9.17, 15) is 4.79 Å². The Morgan fingerprint density at radius 3 is 2.36 bits per heavy atom. The predicted octanol–water partition coefficient (Wildman–Crippen LogP) is 3.01. The molecule has 0 spiro atoms. The molecule has 3 rings (SSSR count). The van der Waals surface area contributed by atoms with Crippen molar-refractivity contribution in [1.82, 2.24) is 15.0 Å². The molecule has 0 unspecified atom stereocenters. The van der Waals surface area contributed by atoms with Crippen molar-refractivity contribution in [3.63, 3.8) is 0 Å². The van der Waals surface area contributed by atoms with Crippen LogP contribution in [0.15, 0.2) is 65.2 Å². The van der Waals surface area contributed by atoms with E-state index in [0.717, 1.165) is 5.56 Å². The molecule has 1 aromatic heterocycles. The fourth-order valence-corrected chi connectivity index (χ4v) is 2.10. The number of carbonyl (C=O) groups excluding carboxylic acids is 1. The highest BCUT2D eigenvalue weighted by Gasteiger charge is 2.15. The van der Waals surface area contributed by atoms with Gasteiger partial charge in [0.2, 0.25) is 11.7 Å². The van der Waals surface area contributed by atoms with E-state index in [1.807, 2.05) is 48.5 Å². The SMILES string of the molecule is CN(Cc1nc(-c2ccccc2)no1)C(=O)c1ccccc1. The maximum Gasteiger partial charge on any atom is 0.254 e. The van der Waals surface area contributed by atoms with Crippen molar-refractivity contribution >= 4 is 5.91 Å². The zero-order chi connectivity index (χ0) is 15.4. The van der Waals surface area contributed by atoms with E-state index in [-0.39, 0.29) is 12.5 Å². The van der Waals surface area contributed by atoms with Crippen molar-refractivity contribution in [2.75, 3.05) is 7.05 Å². The van der Waals surface area contributed by atoms with Gasteiger partial charge in [-0.05, 0) is 12.1 Å². The van der Waals surface area contributed by atoms with Gasteiger partial charge in [-0.3, -0.25) is 4.79 Å². The Labute approximate surface area is 128 Å². The molecule has 2 aromatic carbocycles. The summed E-state index contributed by atoms with van der Waals surface area (Å²) >= 11 is 0. The number of rotatable bonds is 4. The van der Waals surface area contributed by atoms with E-state index in [1.54, 1.807) is 24.1 Å². The molecule has 3 aromatic rings. The van der Waals surface area contributed by atoms with Gasteiger partial charge in [-0.1, -0.05) is 53.7 Å². The molecular formula is C17H15N3O2. The number of benzene rings is 2. The fourth-order valence-electron chi connectivity index (χ4n) is 2.10. The van der Waals surface area contributed by atoms with Crippen LogP contribution in [0.1, 0.15) is 16.2 Å². The van der Waals surface area contributed by atoms with Crippen LogP contribution in [0.25, 0.3) is 11.4 Å². The van der Waals surface area contributed by atoms with Crippen LogP contribution in [-0.2, 0) is 6.54 Å². The molecule has 0 saturated heterocycles. The van der Waals surface area contributed by atoms with E-state index in [1.165, 1.54) is 0 Å². The number of aromatic nitrogens is 2. The number of hydrogen-bond acceptors (Lipinski definition) is 4. The van der Waals surface area contributed by atoms with Crippen molar-refractivity contribution in [2.45, 2.75) is 6.54 Å². The first-order valence-electron chi connectivity index (χ1n) is 6.92. The van der Waals surface area contributed by atoms with Crippen LogP contribution in [0.3, 0.4) is 0 Å². The molecular weight excluding hydrogens is 278 g/mol. The van der Waals surface area contributed by atoms with Gasteiger partial charge in [0.05, 0.1) is 6.54 Å². The van der Waals surface area contributed by atoms with E-state index >= 15 is 0 Å². The van der Waals surface area contributed by atoms with Crippen LogP contribution in [0.5, 0.6) is 0 Å². The van der Waals surface area contributed by atoms with Crippen LogP contribution in [-0.4, -0.2) is 28.0 Å². The molecule has 0 fully saturated rings. The Bertz CT molecular complexity index is 754. The molecule has 0 aliphatic heterocycles. The topological polar surface area (TPSA) is 59.2 Å². The van der Waals surface area contributed by atoms with Gasteiger partial charge in [0.15, 0.2) is 0 Å². The van der Waals surface area contributed by atoms with Crippen molar-refractivity contribution in [3.8, 4) is 11.4 Å². The quantitative estimate of drug-likeness (QED) is 0.742. The zero-order valence-corrected chi connectivity index (χ0v) is 12.1. The summed E-state index contributed by atoms with van der Waals surface area (Å²) in [4.78, 5) is 18.1. The standard InChI is InChI=1S/C17H15N3O2/c1-20(17(21)14-10-6-3-7-11-14)12-15-18-16(19-22-15)13-8-4-2-5-9-13/h2-11H,12H2,1H3. The first-order valence-corrected chi connectivity index (χ1v) is 6.92. The second-order valence-electron chi connectivity index (χ2n) is 4.90. The van der Waals surface area contributed by atoms with Gasteiger partial charge in [0.1, 0.15) is 0 Å². The van der Waals surface area contributed by atoms with E-state index in [4.69, 9.17) is 4.52 Å². The average molecular weight is 293 g/mol. The second kappa shape index (κ2) is 6.22. The minimum atomic E-state index is -0.0833. The summed E-state index contributed by atoms with van der Waals surface area (Å²) in [5.41, 5.74) is 1.52. The number of nitrogens with zero attached hydrogens (tertiary/aromatic N) is 3. The summed E-state index contributed by atoms with van der Waals surface area (Å²) in [6.45, 7) is 0.271. The molecule has 0 aliphatic carbocycles. The average Bonchev–Trinajstić information content (AvgIpc) is 3.04. The molecule has 5 heteroatoms. The first-order chi connectivity index (χ1) is 10.7. The van der Waals surface area contributed by atoms with Gasteiger partial charge in [-0.2, -0.15) is 4.98 Å². The van der Waals surface area contributed by atoms with Gasteiger partial charge >= 0.3 is 0 Å². The molecule has 1 heterocycles. The molecule has 22 heavy (non-hydrogen) atoms. The van der Waals surface area contributed by atoms with Crippen LogP contribution in [0.2, 0.25) is 0 Å². The van der Waals surface area contributed by atoms with Gasteiger partial charge in [-0.15, -0.1) is 0 Å². The molecule has 0 atom stereocenters. The molecule has 0 N–H and O–H groups in total. The van der Waals surface area contributed by atoms with Crippen molar-refractivity contribution in [2.24, 2.45) is 0 Å². The minimum Gasteiger partial charge on any atom is -0.337 e. The van der Waals surface area contributed by atoms with Gasteiger partial charge in [0.25, 0.3) is 5.91 Å². The largest absolute Gasteiger partial charge is 0.337 e. The lowest BCUT2D eigenvalue weighted by Crippen LogP contribution is -2.26. The lowest BCUT2D eigenvalue weighted by Gasteiger charge is -2.14. The van der Waals surface area contributed by atoms with Gasteiger partial charge in [0, 0.05) is 18.2 Å². The third kappa shape index (κ3) is 3.03. The Morgan fingerprint density at radius 1 is 1.05 bits per heavy atom. The molecule has 1 amide bonds. The Kier molecular flexibility index (Phi) is 3.96. The zero-order valence-electron chi connectivity index (χ0n) is 12.1. The van der Waals surface area contributed by atoms with Crippen molar-refractivity contribution in [3.05, 3.63) is 72.1 Å². The molecule has 110 valence electrons. The van der Waals surface area contributed by atoms with E-state index in [2.05, 4.69) is 10.1 Å². The maximum absolute atomic E-state index is 12.3. The molecule has 5 nitrogen and oxygen atoms in total. The van der Waals surface area contributed by atoms with Gasteiger partial charge < -0.3 is 9.42 Å². The summed E-state index contributed by atoms with van der Waals surface area (Å²) in [5, 5.41) is 3.95. The summed E-state index contributed by atoms with van der Waals surface area (Å²) in [6.07, 6.45) is 0. The normalized spacial score (nSPS) is 10.4. The molecule has 0 saturated carbocycles. The van der Waals surface area contributed by atoms with Crippen LogP contribution >= 0.6 is 0 Å². The number of carbonyl (C=O) groups is 1. The summed E-state index contributed by atoms with van der Waals surface area (Å²) < 4.78 is 5.22. The highest BCUT2D eigenvalue weighted by Crippen LogP contribution is 2.15. The van der Waals surface area contributed by atoms with E-state index < -0.39 is 0 Å². The molecule has 0 radical (unpaired) electrons. The number of amides is 1.